The molecule has 0 saturated carbocycles. The fourth-order valence-electron chi connectivity index (χ4n) is 8.68. The number of aromatic amines is 1. The first kappa shape index (κ1) is 38.5. The average molecular weight is 821 g/mol. The van der Waals surface area contributed by atoms with Crippen LogP contribution in [0.4, 0.5) is 11.4 Å². The van der Waals surface area contributed by atoms with Crippen LogP contribution in [0.15, 0.2) is 90.1 Å². The van der Waals surface area contributed by atoms with Crippen LogP contribution in [0.5, 0.6) is 23.0 Å². The molecule has 16 heteroatoms. The second-order valence-corrected chi connectivity index (χ2v) is 17.0. The number of likely N-dealkylation sites (tertiary alicyclic amines) is 1. The van der Waals surface area contributed by atoms with Crippen LogP contribution >= 0.6 is 0 Å². The molecule has 0 radical (unpaired) electrons. The van der Waals surface area contributed by atoms with Crippen molar-refractivity contribution in [1.82, 2.24) is 19.6 Å². The number of carbonyl (C=O) groups is 1. The van der Waals surface area contributed by atoms with Gasteiger partial charge in [0.25, 0.3) is 21.6 Å². The van der Waals surface area contributed by atoms with E-state index in [4.69, 9.17) is 18.9 Å². The third-order valence-electron chi connectivity index (χ3n) is 11.8. The van der Waals surface area contributed by atoms with Crippen LogP contribution in [-0.4, -0.2) is 73.3 Å². The largest absolute Gasteiger partial charge is 0.455 e. The lowest BCUT2D eigenvalue weighted by Gasteiger charge is -2.35. The van der Waals surface area contributed by atoms with E-state index in [1.165, 1.54) is 23.9 Å². The van der Waals surface area contributed by atoms with E-state index in [1.54, 1.807) is 30.5 Å². The molecule has 15 nitrogen and oxygen atoms in total. The number of allylic oxidation sites excluding steroid dienone is 1. The summed E-state index contributed by atoms with van der Waals surface area (Å²) in [5.74, 6) is 1.45. The highest BCUT2D eigenvalue weighted by molar-refractivity contribution is 7.90. The first-order chi connectivity index (χ1) is 28.7. The Bertz CT molecular complexity index is 2550. The Hall–Kier alpha value is -5.97. The number of nitrogens with zero attached hydrogens (tertiary/aromatic N) is 3. The molecule has 3 aromatic carbocycles. The van der Waals surface area contributed by atoms with Gasteiger partial charge >= 0.3 is 0 Å². The summed E-state index contributed by atoms with van der Waals surface area (Å²) in [5.41, 5.74) is 3.52. The van der Waals surface area contributed by atoms with E-state index in [2.05, 4.69) is 37.0 Å². The zero-order valence-corrected chi connectivity index (χ0v) is 33.0. The summed E-state index contributed by atoms with van der Waals surface area (Å²) in [6, 6.07) is 19.0. The van der Waals surface area contributed by atoms with E-state index >= 15 is 0 Å². The fourth-order valence-corrected chi connectivity index (χ4v) is 9.66. The highest BCUT2D eigenvalue weighted by Gasteiger charge is 2.36. The third-order valence-corrected chi connectivity index (χ3v) is 13.1. The number of anilines is 1. The molecule has 0 bridgehead atoms. The lowest BCUT2D eigenvalue weighted by molar-refractivity contribution is -0.384. The summed E-state index contributed by atoms with van der Waals surface area (Å²) >= 11 is 0. The number of amides is 1. The average Bonchev–Trinajstić information content (AvgIpc) is 4.05. The van der Waals surface area contributed by atoms with Crippen LogP contribution in [0.2, 0.25) is 0 Å². The summed E-state index contributed by atoms with van der Waals surface area (Å²) in [4.78, 5) is 34.9. The normalized spacial score (nSPS) is 19.7. The van der Waals surface area contributed by atoms with Gasteiger partial charge in [0.2, 0.25) is 6.79 Å². The Morgan fingerprint density at radius 1 is 1.03 bits per heavy atom. The number of para-hydroxylation sites is 1. The molecule has 5 aromatic rings. The van der Waals surface area contributed by atoms with Crippen molar-refractivity contribution in [3.63, 3.8) is 0 Å². The van der Waals surface area contributed by atoms with Gasteiger partial charge in [-0.1, -0.05) is 24.3 Å². The smallest absolute Gasteiger partial charge is 0.293 e. The monoisotopic (exact) mass is 820 g/mol. The number of ether oxygens (including phenoxy) is 4. The van der Waals surface area contributed by atoms with Gasteiger partial charge in [-0.3, -0.25) is 19.8 Å². The first-order valence-corrected chi connectivity index (χ1v) is 21.4. The number of hydrogen-bond donors (Lipinski definition) is 3. The lowest BCUT2D eigenvalue weighted by atomic mass is 9.88. The second-order valence-electron chi connectivity index (χ2n) is 15.3. The second kappa shape index (κ2) is 16.4. The molecule has 5 heterocycles. The number of pyridine rings is 1. The molecule has 2 unspecified atom stereocenters. The van der Waals surface area contributed by atoms with Crippen LogP contribution in [0.3, 0.4) is 0 Å². The molecule has 3 N–H and O–H groups in total. The first-order valence-electron chi connectivity index (χ1n) is 20.0. The Kier molecular flexibility index (Phi) is 10.7. The maximum absolute atomic E-state index is 13.9. The zero-order valence-electron chi connectivity index (χ0n) is 32.2. The van der Waals surface area contributed by atoms with E-state index < -0.39 is 31.4 Å². The molecule has 1 amide bonds. The van der Waals surface area contributed by atoms with Gasteiger partial charge in [0.05, 0.1) is 21.6 Å². The van der Waals surface area contributed by atoms with Gasteiger partial charge in [0, 0.05) is 55.1 Å². The predicted octanol–water partition coefficient (Wildman–Crippen LogP) is 7.72. The highest BCUT2D eigenvalue weighted by Crippen LogP contribution is 2.46. The van der Waals surface area contributed by atoms with E-state index in [0.29, 0.717) is 37.2 Å². The molecule has 59 heavy (non-hydrogen) atoms. The van der Waals surface area contributed by atoms with Gasteiger partial charge in [-0.2, -0.15) is 0 Å². The van der Waals surface area contributed by atoms with Gasteiger partial charge in [-0.25, -0.2) is 18.1 Å². The number of carbonyl (C=O) groups excluding carboxylic acids is 1. The topological polar surface area (TPSA) is 187 Å². The highest BCUT2D eigenvalue weighted by atomic mass is 32.2. The number of benzene rings is 3. The van der Waals surface area contributed by atoms with Crippen molar-refractivity contribution in [2.45, 2.75) is 61.9 Å². The molecule has 4 aliphatic rings. The molecular weight excluding hydrogens is 777 g/mol. The minimum absolute atomic E-state index is 0.0356. The van der Waals surface area contributed by atoms with Gasteiger partial charge < -0.3 is 29.2 Å². The van der Waals surface area contributed by atoms with Crippen molar-refractivity contribution in [2.24, 2.45) is 5.92 Å². The van der Waals surface area contributed by atoms with Gasteiger partial charge in [-0.05, 0) is 111 Å². The van der Waals surface area contributed by atoms with E-state index in [-0.39, 0.29) is 35.8 Å². The number of rotatable bonds is 12. The van der Waals surface area contributed by atoms with Crippen LogP contribution < -0.4 is 24.2 Å². The summed E-state index contributed by atoms with van der Waals surface area (Å²) in [7, 11) is -4.55. The Morgan fingerprint density at radius 3 is 2.75 bits per heavy atom. The number of fused-ring (bicyclic) bond motifs is 2. The summed E-state index contributed by atoms with van der Waals surface area (Å²) in [5, 5.41) is 15.9. The number of H-pyrrole nitrogens is 1. The minimum Gasteiger partial charge on any atom is -0.455 e. The molecule has 0 spiro atoms. The summed E-state index contributed by atoms with van der Waals surface area (Å²) in [6.07, 6.45) is 11.9. The van der Waals surface area contributed by atoms with Gasteiger partial charge in [0.15, 0.2) is 11.5 Å². The van der Waals surface area contributed by atoms with Crippen molar-refractivity contribution in [1.29, 1.82) is 0 Å². The van der Waals surface area contributed by atoms with E-state index in [9.17, 15) is 23.3 Å². The van der Waals surface area contributed by atoms with Crippen LogP contribution in [0.25, 0.3) is 16.6 Å². The number of aromatic nitrogens is 2. The van der Waals surface area contributed by atoms with Crippen LogP contribution in [0, 0.1) is 16.0 Å². The fraction of sp³-hybridized carbons (Fsp3) is 0.349. The van der Waals surface area contributed by atoms with Gasteiger partial charge in [-0.15, -0.1) is 0 Å². The van der Waals surface area contributed by atoms with Crippen molar-refractivity contribution in [3.05, 3.63) is 112 Å². The Balaban J connectivity index is 0.956. The number of nitrogens with one attached hydrogen (secondary N) is 3. The van der Waals surface area contributed by atoms with Crippen molar-refractivity contribution in [2.75, 3.05) is 38.4 Å². The maximum Gasteiger partial charge on any atom is 0.293 e. The van der Waals surface area contributed by atoms with Crippen LogP contribution in [0.1, 0.15) is 72.5 Å². The quantitative estimate of drug-likeness (QED) is 0.0823. The Labute approximate surface area is 340 Å². The van der Waals surface area contributed by atoms with E-state index in [1.807, 2.05) is 18.2 Å². The zero-order chi connectivity index (χ0) is 40.5. The minimum atomic E-state index is -4.55. The number of nitro benzene ring substituents is 1. The molecule has 2 aromatic heterocycles. The van der Waals surface area contributed by atoms with Crippen LogP contribution in [-0.2, 0) is 14.8 Å². The number of nitro groups is 1. The molecule has 2 saturated heterocycles. The molecule has 2 fully saturated rings. The predicted molar refractivity (Wildman–Crippen MR) is 219 cm³/mol. The summed E-state index contributed by atoms with van der Waals surface area (Å²) < 4.78 is 52.7. The SMILES string of the molecule is O=C(NS(=O)(=O)c1ccc(NCC2CCOCC2)c([N+](=O)[O-])c1)c1ccc(C2=CCC(N3CCCC3c3cccc4c3OCO4)CC2)cc1Oc1cnc2[nH]ccc2c1. The van der Waals surface area contributed by atoms with E-state index in [0.717, 1.165) is 85.6 Å². The van der Waals surface area contributed by atoms with Crippen molar-refractivity contribution >= 4 is 43.9 Å². The molecule has 3 aliphatic heterocycles. The number of sulfonamides is 1. The summed E-state index contributed by atoms with van der Waals surface area (Å²) in [6.45, 7) is 2.97. The Morgan fingerprint density at radius 2 is 1.92 bits per heavy atom. The molecule has 1 aliphatic carbocycles. The molecule has 306 valence electrons. The van der Waals surface area contributed by atoms with Gasteiger partial charge in [0.1, 0.15) is 22.8 Å². The van der Waals surface area contributed by atoms with Crippen molar-refractivity contribution in [3.8, 4) is 23.0 Å². The maximum atomic E-state index is 13.9. The molecular formula is C43H44N6O9S. The van der Waals surface area contributed by atoms with Crippen molar-refractivity contribution < 1.29 is 37.1 Å². The third kappa shape index (κ3) is 8.07. The molecule has 9 rings (SSSR count). The number of hydrogen-bond acceptors (Lipinski definition) is 12. The lowest BCUT2D eigenvalue weighted by Crippen LogP contribution is -2.35. The molecule has 2 atom stereocenters. The standard InChI is InChI=1S/C43H44N6O9S/c50-43(47-59(53,54)33-11-13-36(38(23-33)49(51)52)45-24-27-15-19-55-20-16-27)35-12-8-29(22-40(35)58-32-21-30-14-17-44-42(30)46-25-32)28-6-9-31(10-7-28)48-18-2-4-37(48)34-3-1-5-39-41(34)57-26-56-39/h1,3,5-6,8,11-14,17,21-23,25,27,31,37,45H,2,4,7,9-10,15-16,18-20,24,26H2,(H,44,46)(H,47,50).